The lowest BCUT2D eigenvalue weighted by Crippen LogP contribution is -1.71. The van der Waals surface area contributed by atoms with Crippen LogP contribution in [-0.4, -0.2) is 10.2 Å². The molecular formula is C10H14O2. The van der Waals surface area contributed by atoms with Crippen LogP contribution in [0.4, 0.5) is 0 Å². The van der Waals surface area contributed by atoms with Crippen LogP contribution in [-0.2, 0) is 0 Å². The molecule has 0 aromatic heterocycles. The predicted molar refractivity (Wildman–Crippen MR) is 51.2 cm³/mol. The minimum atomic E-state index is -0.114. The Kier molecular flexibility index (Phi) is 4.61. The molecule has 0 spiro atoms. The molecule has 0 saturated heterocycles. The molecule has 0 aliphatic rings. The fraction of sp³-hybridized carbons (Fsp3) is 0.200. The normalized spacial score (nSPS) is 8.17. The fourth-order valence-corrected chi connectivity index (χ4v) is 0.667. The monoisotopic (exact) mass is 166 g/mol. The summed E-state index contributed by atoms with van der Waals surface area (Å²) in [6.45, 7) is 7.51. The van der Waals surface area contributed by atoms with Crippen molar-refractivity contribution in [1.29, 1.82) is 0 Å². The highest BCUT2D eigenvalue weighted by Gasteiger charge is 1.95. The number of phenolic OH excluding ortho intramolecular Hbond substituents is 2. The maximum Gasteiger partial charge on any atom is 0.157 e. The minimum absolute atomic E-state index is 0.106. The third-order valence-electron chi connectivity index (χ3n) is 1.24. The summed E-state index contributed by atoms with van der Waals surface area (Å²) in [5.74, 6) is -0.219. The summed E-state index contributed by atoms with van der Waals surface area (Å²) >= 11 is 0. The Morgan fingerprint density at radius 3 is 2.17 bits per heavy atom. The molecular weight excluding hydrogens is 152 g/mol. The van der Waals surface area contributed by atoms with Crippen LogP contribution in [0.5, 0.6) is 11.5 Å². The molecule has 66 valence electrons. The van der Waals surface area contributed by atoms with E-state index in [4.69, 9.17) is 10.2 Å². The van der Waals surface area contributed by atoms with Crippen LogP contribution in [0.15, 0.2) is 24.8 Å². The van der Waals surface area contributed by atoms with Gasteiger partial charge in [-0.2, -0.15) is 0 Å². The highest BCUT2D eigenvalue weighted by atomic mass is 16.3. The molecule has 1 aromatic carbocycles. The number of benzene rings is 1. The summed E-state index contributed by atoms with van der Waals surface area (Å²) in [5, 5.41) is 17.8. The quantitative estimate of drug-likeness (QED) is 0.630. The third kappa shape index (κ3) is 2.66. The second kappa shape index (κ2) is 5.24. The first-order valence-electron chi connectivity index (χ1n) is 3.88. The molecule has 1 rings (SSSR count). The van der Waals surface area contributed by atoms with E-state index < -0.39 is 0 Å². The first kappa shape index (κ1) is 10.6. The van der Waals surface area contributed by atoms with Gasteiger partial charge >= 0.3 is 0 Å². The van der Waals surface area contributed by atoms with Crippen LogP contribution >= 0.6 is 0 Å². The maximum atomic E-state index is 8.93. The van der Waals surface area contributed by atoms with Gasteiger partial charge in [-0.3, -0.25) is 0 Å². The molecule has 0 saturated carbocycles. The number of aromatic hydroxyl groups is 2. The average Bonchev–Trinajstić information content (AvgIpc) is 2.13. The SMILES string of the molecule is C=Cc1ccc(O)c(O)c1.CC. The van der Waals surface area contributed by atoms with Crippen LogP contribution < -0.4 is 0 Å². The summed E-state index contributed by atoms with van der Waals surface area (Å²) < 4.78 is 0. The smallest absolute Gasteiger partial charge is 0.157 e. The molecule has 2 nitrogen and oxygen atoms in total. The third-order valence-corrected chi connectivity index (χ3v) is 1.24. The zero-order valence-corrected chi connectivity index (χ0v) is 7.41. The van der Waals surface area contributed by atoms with E-state index in [1.54, 1.807) is 12.1 Å². The topological polar surface area (TPSA) is 40.5 Å². The lowest BCUT2D eigenvalue weighted by molar-refractivity contribution is 0.403. The van der Waals surface area contributed by atoms with Crippen molar-refractivity contribution in [3.8, 4) is 11.5 Å². The second-order valence-corrected chi connectivity index (χ2v) is 1.95. The molecule has 0 fully saturated rings. The molecule has 0 amide bonds. The lowest BCUT2D eigenvalue weighted by Gasteiger charge is -1.96. The molecule has 0 heterocycles. The Balaban J connectivity index is 0.000000561. The number of phenols is 2. The minimum Gasteiger partial charge on any atom is -0.504 e. The van der Waals surface area contributed by atoms with E-state index in [2.05, 4.69) is 6.58 Å². The molecule has 2 heteroatoms. The van der Waals surface area contributed by atoms with Gasteiger partial charge in [0.15, 0.2) is 11.5 Å². The van der Waals surface area contributed by atoms with E-state index in [1.807, 2.05) is 13.8 Å². The van der Waals surface area contributed by atoms with Crippen molar-refractivity contribution in [3.05, 3.63) is 30.3 Å². The summed E-state index contributed by atoms with van der Waals surface area (Å²) in [4.78, 5) is 0. The Labute approximate surface area is 72.8 Å². The van der Waals surface area contributed by atoms with E-state index in [0.717, 1.165) is 5.56 Å². The van der Waals surface area contributed by atoms with Crippen molar-refractivity contribution in [1.82, 2.24) is 0 Å². The molecule has 1 aromatic rings. The van der Waals surface area contributed by atoms with E-state index >= 15 is 0 Å². The largest absolute Gasteiger partial charge is 0.504 e. The fourth-order valence-electron chi connectivity index (χ4n) is 0.667. The zero-order valence-electron chi connectivity index (χ0n) is 7.41. The summed E-state index contributed by atoms with van der Waals surface area (Å²) in [6, 6.07) is 4.54. The average molecular weight is 166 g/mol. The van der Waals surface area contributed by atoms with Crippen LogP contribution in [0, 0.1) is 0 Å². The van der Waals surface area contributed by atoms with Crippen LogP contribution in [0.2, 0.25) is 0 Å². The van der Waals surface area contributed by atoms with Crippen molar-refractivity contribution in [2.75, 3.05) is 0 Å². The predicted octanol–water partition coefficient (Wildman–Crippen LogP) is 2.77. The van der Waals surface area contributed by atoms with Gasteiger partial charge in [0.25, 0.3) is 0 Å². The Morgan fingerprint density at radius 2 is 1.75 bits per heavy atom. The van der Waals surface area contributed by atoms with E-state index in [1.165, 1.54) is 12.1 Å². The molecule has 0 radical (unpaired) electrons. The Bertz CT molecular complexity index is 254. The molecule has 12 heavy (non-hydrogen) atoms. The van der Waals surface area contributed by atoms with Gasteiger partial charge in [-0.1, -0.05) is 32.6 Å². The molecule has 0 aliphatic carbocycles. The maximum absolute atomic E-state index is 8.93. The van der Waals surface area contributed by atoms with E-state index in [-0.39, 0.29) is 11.5 Å². The van der Waals surface area contributed by atoms with Gasteiger partial charge in [-0.05, 0) is 17.7 Å². The number of rotatable bonds is 1. The second-order valence-electron chi connectivity index (χ2n) is 1.95. The molecule has 0 unspecified atom stereocenters. The molecule has 2 N–H and O–H groups in total. The summed E-state index contributed by atoms with van der Waals surface area (Å²) in [6.07, 6.45) is 1.60. The first-order chi connectivity index (χ1) is 5.74. The Hall–Kier alpha value is -1.44. The van der Waals surface area contributed by atoms with Crippen molar-refractivity contribution in [3.63, 3.8) is 0 Å². The van der Waals surface area contributed by atoms with Crippen molar-refractivity contribution in [2.24, 2.45) is 0 Å². The van der Waals surface area contributed by atoms with Gasteiger partial charge < -0.3 is 10.2 Å². The summed E-state index contributed by atoms with van der Waals surface area (Å²) in [7, 11) is 0. The number of hydrogen-bond donors (Lipinski definition) is 2. The standard InChI is InChI=1S/C8H8O2.C2H6/c1-2-6-3-4-7(9)8(10)5-6;1-2/h2-5,9-10H,1H2;1-2H3. The van der Waals surface area contributed by atoms with Gasteiger partial charge in [0.1, 0.15) is 0 Å². The van der Waals surface area contributed by atoms with Crippen LogP contribution in [0.1, 0.15) is 19.4 Å². The molecule has 0 bridgehead atoms. The lowest BCUT2D eigenvalue weighted by atomic mass is 10.2. The molecule has 0 aliphatic heterocycles. The van der Waals surface area contributed by atoms with Gasteiger partial charge in [-0.25, -0.2) is 0 Å². The summed E-state index contributed by atoms with van der Waals surface area (Å²) in [5.41, 5.74) is 0.787. The van der Waals surface area contributed by atoms with Gasteiger partial charge in [-0.15, -0.1) is 0 Å². The zero-order chi connectivity index (χ0) is 9.56. The van der Waals surface area contributed by atoms with E-state index in [0.29, 0.717) is 0 Å². The van der Waals surface area contributed by atoms with Crippen LogP contribution in [0.25, 0.3) is 6.08 Å². The van der Waals surface area contributed by atoms with Gasteiger partial charge in [0.05, 0.1) is 0 Å². The van der Waals surface area contributed by atoms with Gasteiger partial charge in [0, 0.05) is 0 Å². The van der Waals surface area contributed by atoms with Gasteiger partial charge in [0.2, 0.25) is 0 Å². The highest BCUT2D eigenvalue weighted by Crippen LogP contribution is 2.24. The van der Waals surface area contributed by atoms with Crippen molar-refractivity contribution in [2.45, 2.75) is 13.8 Å². The van der Waals surface area contributed by atoms with Crippen LogP contribution in [0.3, 0.4) is 0 Å². The Morgan fingerprint density at radius 1 is 1.17 bits per heavy atom. The first-order valence-corrected chi connectivity index (χ1v) is 3.88. The van der Waals surface area contributed by atoms with Crippen molar-refractivity contribution >= 4 is 6.08 Å². The van der Waals surface area contributed by atoms with Crippen molar-refractivity contribution < 1.29 is 10.2 Å². The molecule has 0 atom stereocenters. The number of hydrogen-bond acceptors (Lipinski definition) is 2. The van der Waals surface area contributed by atoms with E-state index in [9.17, 15) is 0 Å². The highest BCUT2D eigenvalue weighted by molar-refractivity contribution is 5.53.